The first-order valence-electron chi connectivity index (χ1n) is 7.78. The lowest BCUT2D eigenvalue weighted by atomic mass is 9.96. The van der Waals surface area contributed by atoms with E-state index in [1.54, 1.807) is 6.92 Å². The van der Waals surface area contributed by atoms with E-state index in [1.807, 2.05) is 30.3 Å². The summed E-state index contributed by atoms with van der Waals surface area (Å²) in [5.41, 5.74) is -0.212. The van der Waals surface area contributed by atoms with E-state index in [9.17, 15) is 4.79 Å². The van der Waals surface area contributed by atoms with E-state index in [4.69, 9.17) is 9.47 Å². The second-order valence-corrected chi connectivity index (χ2v) is 5.98. The number of ether oxygens (including phenoxy) is 2. The molecule has 0 fully saturated rings. The molecule has 1 atom stereocenters. The number of unbranched alkanes of at least 4 members (excludes halogenated alkanes) is 2. The molecule has 21 heavy (non-hydrogen) atoms. The fourth-order valence-corrected chi connectivity index (χ4v) is 2.21. The predicted octanol–water partition coefficient (Wildman–Crippen LogP) is 4.31. The Bertz CT molecular complexity index is 414. The number of esters is 1. The third kappa shape index (κ3) is 5.50. The minimum absolute atomic E-state index is 0.319. The number of carbonyl (C=O) groups is 1. The Morgan fingerprint density at radius 1 is 1.14 bits per heavy atom. The van der Waals surface area contributed by atoms with Crippen molar-refractivity contribution < 1.29 is 14.3 Å². The lowest BCUT2D eigenvalue weighted by molar-refractivity contribution is -0.168. The highest BCUT2D eigenvalue weighted by Crippen LogP contribution is 2.26. The molecule has 1 aromatic rings. The SMILES string of the molecule is COC(C)(C(=O)OCCCCCC(C)C)c1ccccc1. The number of rotatable bonds is 9. The van der Waals surface area contributed by atoms with Crippen LogP contribution in [0.4, 0.5) is 0 Å². The van der Waals surface area contributed by atoms with Gasteiger partial charge in [0.1, 0.15) is 0 Å². The summed E-state index contributed by atoms with van der Waals surface area (Å²) in [6.45, 7) is 6.67. The van der Waals surface area contributed by atoms with Crippen LogP contribution >= 0.6 is 0 Å². The highest BCUT2D eigenvalue weighted by molar-refractivity contribution is 5.80. The van der Waals surface area contributed by atoms with Crippen LogP contribution in [0, 0.1) is 5.92 Å². The molecule has 0 saturated heterocycles. The molecule has 0 spiro atoms. The van der Waals surface area contributed by atoms with E-state index >= 15 is 0 Å². The smallest absolute Gasteiger partial charge is 0.342 e. The fraction of sp³-hybridized carbons (Fsp3) is 0.611. The van der Waals surface area contributed by atoms with Gasteiger partial charge >= 0.3 is 5.97 Å². The summed E-state index contributed by atoms with van der Waals surface area (Å²) in [5.74, 6) is 0.419. The first kappa shape index (κ1) is 17.7. The Labute approximate surface area is 128 Å². The molecule has 0 amide bonds. The molecule has 0 aliphatic rings. The number of hydrogen-bond acceptors (Lipinski definition) is 3. The van der Waals surface area contributed by atoms with Gasteiger partial charge < -0.3 is 9.47 Å². The van der Waals surface area contributed by atoms with Gasteiger partial charge in [0.25, 0.3) is 0 Å². The maximum atomic E-state index is 12.3. The normalized spacial score (nSPS) is 14.0. The molecule has 3 nitrogen and oxygen atoms in total. The van der Waals surface area contributed by atoms with Gasteiger partial charge in [0.15, 0.2) is 5.60 Å². The second kappa shape index (κ2) is 8.83. The zero-order chi connectivity index (χ0) is 15.7. The molecule has 0 bridgehead atoms. The fourth-order valence-electron chi connectivity index (χ4n) is 2.21. The molecule has 0 radical (unpaired) electrons. The average Bonchev–Trinajstić information content (AvgIpc) is 2.50. The van der Waals surface area contributed by atoms with E-state index < -0.39 is 5.60 Å². The molecule has 0 aliphatic carbocycles. The van der Waals surface area contributed by atoms with Crippen molar-refractivity contribution in [1.82, 2.24) is 0 Å². The van der Waals surface area contributed by atoms with Crippen LogP contribution < -0.4 is 0 Å². The summed E-state index contributed by atoms with van der Waals surface area (Å²) in [5, 5.41) is 0. The lowest BCUT2D eigenvalue weighted by Crippen LogP contribution is -2.36. The minimum atomic E-state index is -1.03. The molecular weight excluding hydrogens is 264 g/mol. The molecule has 1 unspecified atom stereocenters. The van der Waals surface area contributed by atoms with Crippen LogP contribution in [0.15, 0.2) is 30.3 Å². The van der Waals surface area contributed by atoms with Gasteiger partial charge in [0.05, 0.1) is 6.61 Å². The summed E-state index contributed by atoms with van der Waals surface area (Å²) in [7, 11) is 1.54. The molecule has 0 aliphatic heterocycles. The zero-order valence-corrected chi connectivity index (χ0v) is 13.7. The van der Waals surface area contributed by atoms with Gasteiger partial charge in [-0.1, -0.05) is 63.4 Å². The van der Waals surface area contributed by atoms with Crippen molar-refractivity contribution >= 4 is 5.97 Å². The topological polar surface area (TPSA) is 35.5 Å². The molecule has 0 aromatic heterocycles. The summed E-state index contributed by atoms with van der Waals surface area (Å²) in [6, 6.07) is 9.47. The molecule has 118 valence electrons. The quantitative estimate of drug-likeness (QED) is 0.502. The Balaban J connectivity index is 2.42. The van der Waals surface area contributed by atoms with E-state index in [0.29, 0.717) is 6.61 Å². The zero-order valence-electron chi connectivity index (χ0n) is 13.7. The van der Waals surface area contributed by atoms with Gasteiger partial charge in [-0.3, -0.25) is 0 Å². The Hall–Kier alpha value is -1.35. The largest absolute Gasteiger partial charge is 0.463 e. The molecule has 0 N–H and O–H groups in total. The van der Waals surface area contributed by atoms with Gasteiger partial charge in [-0.2, -0.15) is 0 Å². The minimum Gasteiger partial charge on any atom is -0.463 e. The summed E-state index contributed by atoms with van der Waals surface area (Å²) < 4.78 is 10.8. The first-order valence-corrected chi connectivity index (χ1v) is 7.78. The number of hydrogen-bond donors (Lipinski definition) is 0. The number of carbonyl (C=O) groups excluding carboxylic acids is 1. The lowest BCUT2D eigenvalue weighted by Gasteiger charge is -2.26. The van der Waals surface area contributed by atoms with Crippen molar-refractivity contribution in [1.29, 1.82) is 0 Å². The van der Waals surface area contributed by atoms with Crippen LogP contribution in [0.1, 0.15) is 52.0 Å². The summed E-state index contributed by atoms with van der Waals surface area (Å²) in [6.07, 6.45) is 4.43. The predicted molar refractivity (Wildman–Crippen MR) is 85.1 cm³/mol. The Morgan fingerprint density at radius 2 is 1.81 bits per heavy atom. The van der Waals surface area contributed by atoms with Crippen molar-refractivity contribution in [3.05, 3.63) is 35.9 Å². The van der Waals surface area contributed by atoms with E-state index in [-0.39, 0.29) is 5.97 Å². The van der Waals surface area contributed by atoms with Crippen LogP contribution in [0.3, 0.4) is 0 Å². The van der Waals surface area contributed by atoms with Crippen LogP contribution in [0.2, 0.25) is 0 Å². The molecule has 1 rings (SSSR count). The van der Waals surface area contributed by atoms with Gasteiger partial charge in [-0.15, -0.1) is 0 Å². The third-order valence-corrected chi connectivity index (χ3v) is 3.78. The van der Waals surface area contributed by atoms with Crippen molar-refractivity contribution in [3.8, 4) is 0 Å². The van der Waals surface area contributed by atoms with E-state index in [1.165, 1.54) is 20.0 Å². The van der Waals surface area contributed by atoms with Crippen molar-refractivity contribution in [2.75, 3.05) is 13.7 Å². The highest BCUT2D eigenvalue weighted by Gasteiger charge is 2.36. The van der Waals surface area contributed by atoms with E-state index in [0.717, 1.165) is 24.3 Å². The summed E-state index contributed by atoms with van der Waals surface area (Å²) >= 11 is 0. The summed E-state index contributed by atoms with van der Waals surface area (Å²) in [4.78, 5) is 12.3. The molecule has 1 aromatic carbocycles. The maximum absolute atomic E-state index is 12.3. The van der Waals surface area contributed by atoms with Crippen LogP contribution in [0.25, 0.3) is 0 Å². The monoisotopic (exact) mass is 292 g/mol. The highest BCUT2D eigenvalue weighted by atomic mass is 16.6. The Kier molecular flexibility index (Phi) is 7.44. The van der Waals surface area contributed by atoms with Gasteiger partial charge in [0.2, 0.25) is 0 Å². The van der Waals surface area contributed by atoms with Crippen molar-refractivity contribution in [2.45, 2.75) is 52.1 Å². The van der Waals surface area contributed by atoms with Crippen LogP contribution in [-0.2, 0) is 19.9 Å². The Morgan fingerprint density at radius 3 is 2.38 bits per heavy atom. The second-order valence-electron chi connectivity index (χ2n) is 5.98. The number of methoxy groups -OCH3 is 1. The standard InChI is InChI=1S/C18H28O3/c1-15(2)11-7-6-10-14-21-17(19)18(3,20-4)16-12-8-5-9-13-16/h5,8-9,12-13,15H,6-7,10-11,14H2,1-4H3. The van der Waals surface area contributed by atoms with E-state index in [2.05, 4.69) is 13.8 Å². The molecule has 3 heteroatoms. The van der Waals surface area contributed by atoms with Gasteiger partial charge in [-0.05, 0) is 24.8 Å². The molecular formula is C18H28O3. The molecule has 0 saturated carbocycles. The average molecular weight is 292 g/mol. The molecule has 0 heterocycles. The van der Waals surface area contributed by atoms with Crippen LogP contribution in [-0.4, -0.2) is 19.7 Å². The third-order valence-electron chi connectivity index (χ3n) is 3.78. The van der Waals surface area contributed by atoms with Crippen molar-refractivity contribution in [3.63, 3.8) is 0 Å². The van der Waals surface area contributed by atoms with Crippen molar-refractivity contribution in [2.24, 2.45) is 5.92 Å². The number of benzene rings is 1. The first-order chi connectivity index (χ1) is 10.0. The maximum Gasteiger partial charge on any atom is 0.342 e. The van der Waals surface area contributed by atoms with Crippen LogP contribution in [0.5, 0.6) is 0 Å². The van der Waals surface area contributed by atoms with Gasteiger partial charge in [0, 0.05) is 7.11 Å². The van der Waals surface area contributed by atoms with Gasteiger partial charge in [-0.25, -0.2) is 4.79 Å².